The van der Waals surface area contributed by atoms with Gasteiger partial charge in [-0.2, -0.15) is 0 Å². The smallest absolute Gasteiger partial charge is 0.339 e. The zero-order valence-electron chi connectivity index (χ0n) is 11.5. The number of ether oxygens (including phenoxy) is 1. The Morgan fingerprint density at radius 1 is 1.14 bits per heavy atom. The highest BCUT2D eigenvalue weighted by Crippen LogP contribution is 2.15. The Balaban J connectivity index is 2.11. The first-order valence-electron chi connectivity index (χ1n) is 6.37. The van der Waals surface area contributed by atoms with Crippen LogP contribution in [0.4, 0.5) is 5.69 Å². The van der Waals surface area contributed by atoms with Crippen molar-refractivity contribution in [3.63, 3.8) is 0 Å². The van der Waals surface area contributed by atoms with Crippen LogP contribution in [-0.2, 0) is 4.74 Å². The quantitative estimate of drug-likeness (QED) is 0.695. The van der Waals surface area contributed by atoms with Crippen molar-refractivity contribution in [3.8, 4) is 12.3 Å². The van der Waals surface area contributed by atoms with Crippen LogP contribution in [-0.4, -0.2) is 18.5 Å². The molecule has 22 heavy (non-hydrogen) atoms. The molecule has 2 rings (SSSR count). The molecule has 0 aliphatic carbocycles. The Labute approximate surface area is 133 Å². The van der Waals surface area contributed by atoms with Gasteiger partial charge in [0.2, 0.25) is 0 Å². The minimum absolute atomic E-state index is 0.111. The van der Waals surface area contributed by atoms with Crippen LogP contribution in [0.25, 0.3) is 0 Å². The highest BCUT2D eigenvalue weighted by molar-refractivity contribution is 6.30. The van der Waals surface area contributed by atoms with Gasteiger partial charge in [-0.15, -0.1) is 6.42 Å². The van der Waals surface area contributed by atoms with Gasteiger partial charge in [0.25, 0.3) is 5.91 Å². The molecule has 0 spiro atoms. The van der Waals surface area contributed by atoms with E-state index in [0.29, 0.717) is 16.3 Å². The Morgan fingerprint density at radius 2 is 1.82 bits per heavy atom. The molecule has 1 N–H and O–H groups in total. The fourth-order valence-electron chi connectivity index (χ4n) is 1.71. The van der Waals surface area contributed by atoms with Crippen molar-refractivity contribution in [2.24, 2.45) is 0 Å². The van der Waals surface area contributed by atoms with Crippen LogP contribution >= 0.6 is 11.6 Å². The second kappa shape index (κ2) is 7.30. The Kier molecular flexibility index (Phi) is 5.18. The van der Waals surface area contributed by atoms with Gasteiger partial charge in [-0.25, -0.2) is 4.79 Å². The van der Waals surface area contributed by atoms with Crippen LogP contribution in [0.2, 0.25) is 5.02 Å². The molecule has 0 heterocycles. The van der Waals surface area contributed by atoms with E-state index in [1.54, 1.807) is 42.5 Å². The lowest BCUT2D eigenvalue weighted by Gasteiger charge is -2.07. The third-order valence-corrected chi connectivity index (χ3v) is 3.00. The van der Waals surface area contributed by atoms with E-state index in [1.165, 1.54) is 6.07 Å². The number of nitrogens with one attached hydrogen (secondary N) is 1. The third-order valence-electron chi connectivity index (χ3n) is 2.75. The SMILES string of the molecule is C#CCOC(=O)c1cccc(C(=O)Nc2ccc(Cl)cc2)c1. The average molecular weight is 314 g/mol. The number of benzene rings is 2. The minimum Gasteiger partial charge on any atom is -0.449 e. The van der Waals surface area contributed by atoms with Gasteiger partial charge in [0.1, 0.15) is 0 Å². The van der Waals surface area contributed by atoms with Crippen molar-refractivity contribution in [1.82, 2.24) is 0 Å². The molecule has 0 saturated carbocycles. The number of hydrogen-bond donors (Lipinski definition) is 1. The van der Waals surface area contributed by atoms with Gasteiger partial charge in [-0.1, -0.05) is 23.6 Å². The maximum absolute atomic E-state index is 12.2. The highest BCUT2D eigenvalue weighted by atomic mass is 35.5. The second-order valence-corrected chi connectivity index (χ2v) is 4.76. The molecule has 5 heteroatoms. The van der Waals surface area contributed by atoms with E-state index in [0.717, 1.165) is 0 Å². The number of amides is 1. The number of carbonyl (C=O) groups excluding carboxylic acids is 2. The van der Waals surface area contributed by atoms with Gasteiger partial charge < -0.3 is 10.1 Å². The molecule has 0 bridgehead atoms. The maximum atomic E-state index is 12.2. The van der Waals surface area contributed by atoms with Crippen LogP contribution in [0.3, 0.4) is 0 Å². The van der Waals surface area contributed by atoms with Crippen molar-refractivity contribution in [3.05, 3.63) is 64.7 Å². The molecule has 0 radical (unpaired) electrons. The summed E-state index contributed by atoms with van der Waals surface area (Å²) >= 11 is 5.78. The normalized spacial score (nSPS) is 9.64. The molecule has 0 aliphatic rings. The zero-order chi connectivity index (χ0) is 15.9. The van der Waals surface area contributed by atoms with Gasteiger partial charge in [0.15, 0.2) is 6.61 Å². The predicted molar refractivity (Wildman–Crippen MR) is 85.0 cm³/mol. The van der Waals surface area contributed by atoms with Crippen LogP contribution in [0.5, 0.6) is 0 Å². The maximum Gasteiger partial charge on any atom is 0.339 e. The Morgan fingerprint density at radius 3 is 2.50 bits per heavy atom. The van der Waals surface area contributed by atoms with Crippen molar-refractivity contribution >= 4 is 29.2 Å². The molecule has 0 atom stereocenters. The number of hydrogen-bond acceptors (Lipinski definition) is 3. The Hall–Kier alpha value is -2.77. The van der Waals surface area contributed by atoms with Crippen LogP contribution in [0, 0.1) is 12.3 Å². The minimum atomic E-state index is -0.570. The first-order valence-corrected chi connectivity index (χ1v) is 6.75. The van der Waals surface area contributed by atoms with Crippen molar-refractivity contribution < 1.29 is 14.3 Å². The van der Waals surface area contributed by atoms with Crippen molar-refractivity contribution in [2.45, 2.75) is 0 Å². The Bertz CT molecular complexity index is 732. The van der Waals surface area contributed by atoms with Gasteiger partial charge in [-0.3, -0.25) is 4.79 Å². The van der Waals surface area contributed by atoms with E-state index in [-0.39, 0.29) is 18.1 Å². The van der Waals surface area contributed by atoms with E-state index >= 15 is 0 Å². The molecule has 0 fully saturated rings. The van der Waals surface area contributed by atoms with E-state index < -0.39 is 5.97 Å². The summed E-state index contributed by atoms with van der Waals surface area (Å²) in [5.41, 5.74) is 1.21. The fraction of sp³-hybridized carbons (Fsp3) is 0.0588. The monoisotopic (exact) mass is 313 g/mol. The van der Waals surface area contributed by atoms with Crippen LogP contribution in [0.1, 0.15) is 20.7 Å². The summed E-state index contributed by atoms with van der Waals surface area (Å²) in [7, 11) is 0. The number of esters is 1. The topological polar surface area (TPSA) is 55.4 Å². The molecule has 2 aromatic rings. The lowest BCUT2D eigenvalue weighted by Crippen LogP contribution is -2.13. The van der Waals surface area contributed by atoms with Gasteiger partial charge in [0.05, 0.1) is 5.56 Å². The number of terminal acetylenes is 1. The summed E-state index contributed by atoms with van der Waals surface area (Å²) in [4.78, 5) is 23.9. The molecular formula is C17H12ClNO3. The predicted octanol–water partition coefficient (Wildman–Crippen LogP) is 3.38. The number of anilines is 1. The molecule has 0 unspecified atom stereocenters. The van der Waals surface area contributed by atoms with Gasteiger partial charge in [-0.05, 0) is 42.5 Å². The van der Waals surface area contributed by atoms with E-state index in [2.05, 4.69) is 11.2 Å². The molecule has 2 aromatic carbocycles. The summed E-state index contributed by atoms with van der Waals surface area (Å²) in [5, 5.41) is 3.29. The summed E-state index contributed by atoms with van der Waals surface area (Å²) in [6, 6.07) is 12.9. The van der Waals surface area contributed by atoms with E-state index in [4.69, 9.17) is 22.8 Å². The van der Waals surface area contributed by atoms with Gasteiger partial charge >= 0.3 is 5.97 Å². The largest absolute Gasteiger partial charge is 0.449 e. The highest BCUT2D eigenvalue weighted by Gasteiger charge is 2.11. The van der Waals surface area contributed by atoms with Gasteiger partial charge in [0, 0.05) is 16.3 Å². The molecule has 0 saturated heterocycles. The van der Waals surface area contributed by atoms with E-state index in [9.17, 15) is 9.59 Å². The zero-order valence-corrected chi connectivity index (χ0v) is 12.3. The standard InChI is InChI=1S/C17H12ClNO3/c1-2-10-22-17(21)13-5-3-4-12(11-13)16(20)19-15-8-6-14(18)7-9-15/h1,3-9,11H,10H2,(H,19,20). The summed E-state index contributed by atoms with van der Waals surface area (Å²) in [6.45, 7) is -0.111. The lowest BCUT2D eigenvalue weighted by molar-refractivity contribution is 0.0556. The van der Waals surface area contributed by atoms with Crippen molar-refractivity contribution in [1.29, 1.82) is 0 Å². The molecule has 110 valence electrons. The first kappa shape index (κ1) is 15.6. The third kappa shape index (κ3) is 4.11. The molecule has 1 amide bonds. The van der Waals surface area contributed by atoms with E-state index in [1.807, 2.05) is 0 Å². The second-order valence-electron chi connectivity index (χ2n) is 4.32. The summed E-state index contributed by atoms with van der Waals surface area (Å²) in [6.07, 6.45) is 5.03. The number of halogens is 1. The number of carbonyl (C=O) groups is 2. The molecule has 4 nitrogen and oxygen atoms in total. The first-order chi connectivity index (χ1) is 10.6. The number of rotatable bonds is 4. The summed E-state index contributed by atoms with van der Waals surface area (Å²) in [5.74, 6) is 1.30. The average Bonchev–Trinajstić information content (AvgIpc) is 2.54. The van der Waals surface area contributed by atoms with Crippen LogP contribution in [0.15, 0.2) is 48.5 Å². The molecule has 0 aromatic heterocycles. The lowest BCUT2D eigenvalue weighted by atomic mass is 10.1. The molecular weight excluding hydrogens is 302 g/mol. The van der Waals surface area contributed by atoms with Crippen molar-refractivity contribution in [2.75, 3.05) is 11.9 Å². The summed E-state index contributed by atoms with van der Waals surface area (Å²) < 4.78 is 4.82. The fourth-order valence-corrected chi connectivity index (χ4v) is 1.84. The molecule has 0 aliphatic heterocycles. The van der Waals surface area contributed by atoms with Crippen LogP contribution < -0.4 is 5.32 Å².